The highest BCUT2D eigenvalue weighted by atomic mass is 35.5. The second kappa shape index (κ2) is 7.79. The van der Waals surface area contributed by atoms with Gasteiger partial charge in [-0.15, -0.1) is 17.5 Å². The number of hydrogen-bond donors (Lipinski definition) is 2. The van der Waals surface area contributed by atoms with E-state index >= 15 is 0 Å². The molecule has 0 spiro atoms. The molecule has 4 N–H and O–H groups in total. The van der Waals surface area contributed by atoms with E-state index in [0.29, 0.717) is 11.3 Å². The number of rotatable bonds is 5. The third-order valence-electron chi connectivity index (χ3n) is 2.07. The van der Waals surface area contributed by atoms with E-state index in [1.807, 2.05) is 0 Å². The van der Waals surface area contributed by atoms with E-state index in [-0.39, 0.29) is 29.8 Å². The van der Waals surface area contributed by atoms with Crippen LogP contribution in [0.15, 0.2) is 22.3 Å². The minimum atomic E-state index is -0.556. The van der Waals surface area contributed by atoms with Crippen LogP contribution >= 0.6 is 12.4 Å². The van der Waals surface area contributed by atoms with Gasteiger partial charge in [0.05, 0.1) is 31.4 Å². The molecule has 0 aromatic heterocycles. The Morgan fingerprint density at radius 1 is 1.35 bits per heavy atom. The number of halogens is 1. The fourth-order valence-electron chi connectivity index (χ4n) is 1.34. The molecule has 0 saturated heterocycles. The van der Waals surface area contributed by atoms with Gasteiger partial charge in [0.1, 0.15) is 0 Å². The monoisotopic (exact) mass is 303 g/mol. The van der Waals surface area contributed by atoms with Crippen LogP contribution in [0.1, 0.15) is 5.56 Å². The first-order valence-corrected chi connectivity index (χ1v) is 5.02. The summed E-state index contributed by atoms with van der Waals surface area (Å²) in [5.41, 5.74) is 10.4. The normalized spacial score (nSPS) is 9.70. The average molecular weight is 304 g/mol. The second-order valence-corrected chi connectivity index (χ2v) is 3.30. The van der Waals surface area contributed by atoms with Crippen molar-refractivity contribution in [3.63, 3.8) is 0 Å². The Hall–Kier alpha value is -2.55. The van der Waals surface area contributed by atoms with Crippen molar-refractivity contribution in [2.24, 2.45) is 21.7 Å². The summed E-state index contributed by atoms with van der Waals surface area (Å²) in [5, 5.41) is 17.8. The summed E-state index contributed by atoms with van der Waals surface area (Å²) in [5.74, 6) is 0.276. The lowest BCUT2D eigenvalue weighted by Gasteiger charge is -2.09. The van der Waals surface area contributed by atoms with Gasteiger partial charge in [-0.2, -0.15) is 5.10 Å². The van der Waals surface area contributed by atoms with E-state index in [1.165, 1.54) is 32.6 Å². The first-order valence-electron chi connectivity index (χ1n) is 5.02. The lowest BCUT2D eigenvalue weighted by Crippen LogP contribution is -2.21. The van der Waals surface area contributed by atoms with Crippen molar-refractivity contribution in [2.75, 3.05) is 14.2 Å². The molecule has 0 fully saturated rings. The van der Waals surface area contributed by atoms with E-state index < -0.39 is 4.92 Å². The molecule has 0 aliphatic rings. The molecule has 1 aromatic rings. The van der Waals surface area contributed by atoms with Crippen molar-refractivity contribution in [3.05, 3.63) is 27.8 Å². The van der Waals surface area contributed by atoms with Crippen LogP contribution in [-0.4, -0.2) is 31.3 Å². The number of nitrogens with zero attached hydrogens (tertiary/aromatic N) is 3. The van der Waals surface area contributed by atoms with Gasteiger partial charge in [-0.1, -0.05) is 0 Å². The lowest BCUT2D eigenvalue weighted by atomic mass is 10.1. The fourth-order valence-corrected chi connectivity index (χ4v) is 1.34. The van der Waals surface area contributed by atoms with E-state index in [9.17, 15) is 10.1 Å². The molecule has 0 aliphatic heterocycles. The number of guanidine groups is 1. The highest BCUT2D eigenvalue weighted by molar-refractivity contribution is 5.87. The Morgan fingerprint density at radius 2 is 2.00 bits per heavy atom. The average Bonchev–Trinajstić information content (AvgIpc) is 2.37. The van der Waals surface area contributed by atoms with Crippen LogP contribution in [0.25, 0.3) is 0 Å². The van der Waals surface area contributed by atoms with E-state index in [0.717, 1.165) is 0 Å². The van der Waals surface area contributed by atoms with Crippen molar-refractivity contribution in [1.82, 2.24) is 0 Å². The number of benzene rings is 1. The Kier molecular flexibility index (Phi) is 6.80. The quantitative estimate of drug-likeness (QED) is 0.354. The van der Waals surface area contributed by atoms with Gasteiger partial charge < -0.3 is 20.9 Å². The molecule has 0 aliphatic carbocycles. The summed E-state index contributed by atoms with van der Waals surface area (Å²) in [6.45, 7) is 0. The number of hydrogen-bond acceptors (Lipinski definition) is 6. The Balaban J connectivity index is 0.00000361. The molecular weight excluding hydrogens is 290 g/mol. The maximum absolute atomic E-state index is 10.8. The Bertz CT molecular complexity index is 543. The third kappa shape index (κ3) is 4.28. The van der Waals surface area contributed by atoms with Crippen LogP contribution in [0.3, 0.4) is 0 Å². The molecule has 0 amide bonds. The van der Waals surface area contributed by atoms with Crippen LogP contribution in [0.4, 0.5) is 5.69 Å². The van der Waals surface area contributed by atoms with E-state index in [2.05, 4.69) is 10.2 Å². The lowest BCUT2D eigenvalue weighted by molar-refractivity contribution is -0.385. The van der Waals surface area contributed by atoms with Crippen molar-refractivity contribution in [3.8, 4) is 11.5 Å². The molecule has 1 rings (SSSR count). The predicted molar refractivity (Wildman–Crippen MR) is 76.9 cm³/mol. The Labute approximate surface area is 120 Å². The van der Waals surface area contributed by atoms with Crippen LogP contribution in [0.2, 0.25) is 0 Å². The molecule has 0 unspecified atom stereocenters. The first kappa shape index (κ1) is 17.4. The summed E-state index contributed by atoms with van der Waals surface area (Å²) in [6.07, 6.45) is 1.23. The highest BCUT2D eigenvalue weighted by Gasteiger charge is 2.16. The van der Waals surface area contributed by atoms with Crippen LogP contribution < -0.4 is 20.9 Å². The first-order chi connectivity index (χ1) is 8.99. The van der Waals surface area contributed by atoms with Gasteiger partial charge in [0.2, 0.25) is 5.96 Å². The zero-order valence-corrected chi connectivity index (χ0v) is 11.6. The van der Waals surface area contributed by atoms with Gasteiger partial charge in [-0.3, -0.25) is 10.1 Å². The summed E-state index contributed by atoms with van der Waals surface area (Å²) in [7, 11) is 2.78. The van der Waals surface area contributed by atoms with Crippen LogP contribution in [0.5, 0.6) is 11.5 Å². The number of ether oxygens (including phenoxy) is 2. The number of nitro groups is 1. The fraction of sp³-hybridized carbons (Fsp3) is 0.200. The van der Waals surface area contributed by atoms with E-state index in [1.54, 1.807) is 0 Å². The molecule has 110 valence electrons. The standard InChI is InChI=1S/C10H13N5O4.ClH/c1-18-8-4-7(15(16)17)3-6(9(8)19-2)5-13-14-10(11)12;/h3-5H,1-2H3,(H4,11,12,14);1H/b13-5+;. The van der Waals surface area contributed by atoms with Gasteiger partial charge in [-0.05, 0) is 0 Å². The van der Waals surface area contributed by atoms with Crippen molar-refractivity contribution in [2.45, 2.75) is 0 Å². The van der Waals surface area contributed by atoms with Gasteiger partial charge in [0.25, 0.3) is 5.69 Å². The SMILES string of the molecule is COc1cc([N+](=O)[O-])cc(/C=N/N=C(N)N)c1OC.Cl. The second-order valence-electron chi connectivity index (χ2n) is 3.30. The van der Waals surface area contributed by atoms with E-state index in [4.69, 9.17) is 20.9 Å². The molecule has 0 heterocycles. The topological polar surface area (TPSA) is 138 Å². The molecule has 0 saturated carbocycles. The van der Waals surface area contributed by atoms with Crippen molar-refractivity contribution in [1.29, 1.82) is 0 Å². The number of methoxy groups -OCH3 is 2. The summed E-state index contributed by atoms with van der Waals surface area (Å²) < 4.78 is 10.1. The molecule has 9 nitrogen and oxygen atoms in total. The number of non-ortho nitro benzene ring substituents is 1. The highest BCUT2D eigenvalue weighted by Crippen LogP contribution is 2.34. The molecule has 10 heteroatoms. The third-order valence-corrected chi connectivity index (χ3v) is 2.07. The summed E-state index contributed by atoms with van der Waals surface area (Å²) in [4.78, 5) is 10.2. The summed E-state index contributed by atoms with van der Waals surface area (Å²) in [6, 6.07) is 2.52. The molecule has 0 atom stereocenters. The largest absolute Gasteiger partial charge is 0.493 e. The molecule has 0 bridgehead atoms. The van der Waals surface area contributed by atoms with Crippen LogP contribution in [0, 0.1) is 10.1 Å². The van der Waals surface area contributed by atoms with Gasteiger partial charge in [0, 0.05) is 11.6 Å². The molecular formula is C10H14ClN5O4. The maximum atomic E-state index is 10.8. The van der Waals surface area contributed by atoms with Crippen LogP contribution in [-0.2, 0) is 0 Å². The minimum absolute atomic E-state index is 0. The number of nitrogens with two attached hydrogens (primary N) is 2. The molecule has 1 aromatic carbocycles. The molecule has 0 radical (unpaired) electrons. The molecule has 20 heavy (non-hydrogen) atoms. The van der Waals surface area contributed by atoms with Gasteiger partial charge >= 0.3 is 0 Å². The van der Waals surface area contributed by atoms with Gasteiger partial charge in [-0.25, -0.2) is 0 Å². The van der Waals surface area contributed by atoms with Crippen molar-refractivity contribution >= 4 is 30.3 Å². The zero-order valence-electron chi connectivity index (χ0n) is 10.8. The Morgan fingerprint density at radius 3 is 2.45 bits per heavy atom. The maximum Gasteiger partial charge on any atom is 0.274 e. The smallest absolute Gasteiger partial charge is 0.274 e. The number of nitro benzene ring substituents is 1. The summed E-state index contributed by atoms with van der Waals surface area (Å²) >= 11 is 0. The van der Waals surface area contributed by atoms with Gasteiger partial charge in [0.15, 0.2) is 11.5 Å². The zero-order chi connectivity index (χ0) is 14.4. The predicted octanol–water partition coefficient (Wildman–Crippen LogP) is 0.641. The minimum Gasteiger partial charge on any atom is -0.493 e. The van der Waals surface area contributed by atoms with Crippen molar-refractivity contribution < 1.29 is 14.4 Å².